The molecule has 94 valence electrons. The normalized spacial score (nSPS) is 10.3. The molecule has 0 aliphatic carbocycles. The lowest BCUT2D eigenvalue weighted by molar-refractivity contribution is 0.0686. The van der Waals surface area contributed by atoms with Crippen LogP contribution < -0.4 is 4.74 Å². The number of aromatic nitrogens is 1. The van der Waals surface area contributed by atoms with Crippen molar-refractivity contribution in [3.05, 3.63) is 45.7 Å². The van der Waals surface area contributed by atoms with Gasteiger partial charge in [-0.2, -0.15) is 0 Å². The van der Waals surface area contributed by atoms with Crippen LogP contribution in [0.15, 0.2) is 23.6 Å². The molecule has 4 nitrogen and oxygen atoms in total. The Hall–Kier alpha value is -1.95. The van der Waals surface area contributed by atoms with Crippen molar-refractivity contribution in [2.75, 3.05) is 0 Å². The quantitative estimate of drug-likeness (QED) is 0.925. The van der Waals surface area contributed by atoms with Crippen molar-refractivity contribution in [3.8, 4) is 5.75 Å². The number of hydrogen-bond acceptors (Lipinski definition) is 4. The average Bonchev–Trinajstić information content (AvgIpc) is 2.72. The standard InChI is InChI=1S/C12H10FNO3S/c1-7-6-18-10(14-7)5-17-9-4-2-3-8(13)11(9)12(15)16/h2-4,6H,5H2,1H3,(H,15,16). The van der Waals surface area contributed by atoms with E-state index in [0.717, 1.165) is 11.8 Å². The molecule has 1 aromatic heterocycles. The highest BCUT2D eigenvalue weighted by atomic mass is 32.1. The van der Waals surface area contributed by atoms with Crippen molar-refractivity contribution in [3.63, 3.8) is 0 Å². The molecule has 18 heavy (non-hydrogen) atoms. The lowest BCUT2D eigenvalue weighted by Crippen LogP contribution is -2.06. The van der Waals surface area contributed by atoms with Gasteiger partial charge in [0, 0.05) is 11.1 Å². The Morgan fingerprint density at radius 3 is 2.94 bits per heavy atom. The van der Waals surface area contributed by atoms with E-state index in [2.05, 4.69) is 4.98 Å². The molecule has 1 heterocycles. The summed E-state index contributed by atoms with van der Waals surface area (Å²) < 4.78 is 18.7. The van der Waals surface area contributed by atoms with E-state index < -0.39 is 17.3 Å². The van der Waals surface area contributed by atoms with Crippen molar-refractivity contribution >= 4 is 17.3 Å². The third-order valence-corrected chi connectivity index (χ3v) is 3.15. The lowest BCUT2D eigenvalue weighted by atomic mass is 10.2. The first-order valence-corrected chi connectivity index (χ1v) is 6.01. The van der Waals surface area contributed by atoms with E-state index in [1.807, 2.05) is 12.3 Å². The molecule has 0 aliphatic heterocycles. The zero-order chi connectivity index (χ0) is 13.1. The van der Waals surface area contributed by atoms with Crippen molar-refractivity contribution in [2.24, 2.45) is 0 Å². The van der Waals surface area contributed by atoms with Gasteiger partial charge in [-0.05, 0) is 19.1 Å². The van der Waals surface area contributed by atoms with Crippen LogP contribution in [0.3, 0.4) is 0 Å². The van der Waals surface area contributed by atoms with Crippen molar-refractivity contribution in [2.45, 2.75) is 13.5 Å². The first-order valence-electron chi connectivity index (χ1n) is 5.13. The minimum absolute atomic E-state index is 0.00959. The number of benzene rings is 1. The predicted molar refractivity (Wildman–Crippen MR) is 64.5 cm³/mol. The number of thiazole rings is 1. The van der Waals surface area contributed by atoms with Gasteiger partial charge in [-0.1, -0.05) is 6.07 Å². The first kappa shape index (κ1) is 12.5. The van der Waals surface area contributed by atoms with Crippen LogP contribution in [0, 0.1) is 12.7 Å². The summed E-state index contributed by atoms with van der Waals surface area (Å²) >= 11 is 1.41. The van der Waals surface area contributed by atoms with Crippen LogP contribution >= 0.6 is 11.3 Å². The Morgan fingerprint density at radius 2 is 2.33 bits per heavy atom. The van der Waals surface area contributed by atoms with Gasteiger partial charge in [0.15, 0.2) is 0 Å². The summed E-state index contributed by atoms with van der Waals surface area (Å²) in [6.07, 6.45) is 0. The lowest BCUT2D eigenvalue weighted by Gasteiger charge is -2.07. The maximum absolute atomic E-state index is 13.4. The molecule has 1 aromatic carbocycles. The molecule has 6 heteroatoms. The summed E-state index contributed by atoms with van der Waals surface area (Å²) in [4.78, 5) is 15.1. The van der Waals surface area contributed by atoms with Gasteiger partial charge in [0.25, 0.3) is 0 Å². The molecular formula is C12H10FNO3S. The Morgan fingerprint density at radius 1 is 1.56 bits per heavy atom. The second kappa shape index (κ2) is 5.14. The van der Waals surface area contributed by atoms with Crippen molar-refractivity contribution < 1.29 is 19.0 Å². The monoisotopic (exact) mass is 267 g/mol. The molecule has 0 bridgehead atoms. The second-order valence-electron chi connectivity index (χ2n) is 3.59. The number of ether oxygens (including phenoxy) is 1. The molecule has 2 aromatic rings. The smallest absolute Gasteiger partial charge is 0.342 e. The molecule has 0 atom stereocenters. The zero-order valence-electron chi connectivity index (χ0n) is 9.51. The van der Waals surface area contributed by atoms with Crippen LogP contribution in [0.25, 0.3) is 0 Å². The molecule has 1 N–H and O–H groups in total. The SMILES string of the molecule is Cc1csc(COc2cccc(F)c2C(=O)O)n1. The summed E-state index contributed by atoms with van der Waals surface area (Å²) in [5.41, 5.74) is 0.419. The number of carboxylic acids is 1. The van der Waals surface area contributed by atoms with Crippen molar-refractivity contribution in [1.29, 1.82) is 0 Å². The minimum atomic E-state index is -1.35. The fourth-order valence-electron chi connectivity index (χ4n) is 1.44. The molecular weight excluding hydrogens is 257 g/mol. The molecule has 0 radical (unpaired) electrons. The van der Waals surface area contributed by atoms with E-state index in [9.17, 15) is 9.18 Å². The number of carboxylic acid groups (broad SMARTS) is 1. The summed E-state index contributed by atoms with van der Waals surface area (Å²) in [5, 5.41) is 11.5. The zero-order valence-corrected chi connectivity index (χ0v) is 10.3. The number of nitrogens with zero attached hydrogens (tertiary/aromatic N) is 1. The van der Waals surface area contributed by atoms with Gasteiger partial charge in [0.1, 0.15) is 28.7 Å². The Labute approximate surface area is 107 Å². The maximum atomic E-state index is 13.4. The largest absolute Gasteiger partial charge is 0.485 e. The number of rotatable bonds is 4. The first-order chi connectivity index (χ1) is 8.58. The van der Waals surface area contributed by atoms with Gasteiger partial charge < -0.3 is 9.84 Å². The highest BCUT2D eigenvalue weighted by Crippen LogP contribution is 2.23. The number of carbonyl (C=O) groups is 1. The van der Waals surface area contributed by atoms with Crippen LogP contribution in [0.1, 0.15) is 21.1 Å². The van der Waals surface area contributed by atoms with Gasteiger partial charge in [0.2, 0.25) is 0 Å². The van der Waals surface area contributed by atoms with E-state index in [4.69, 9.17) is 9.84 Å². The van der Waals surface area contributed by atoms with Crippen LogP contribution in [-0.2, 0) is 6.61 Å². The molecule has 0 spiro atoms. The molecule has 0 aliphatic rings. The van der Waals surface area contributed by atoms with Crippen LogP contribution in [-0.4, -0.2) is 16.1 Å². The summed E-state index contributed by atoms with van der Waals surface area (Å²) in [6, 6.07) is 3.92. The van der Waals surface area contributed by atoms with E-state index in [-0.39, 0.29) is 12.4 Å². The summed E-state index contributed by atoms with van der Waals surface area (Å²) in [6.45, 7) is 1.98. The molecule has 0 saturated heterocycles. The van der Waals surface area contributed by atoms with Gasteiger partial charge in [-0.25, -0.2) is 14.2 Å². The average molecular weight is 267 g/mol. The Bertz CT molecular complexity index is 582. The number of hydrogen-bond donors (Lipinski definition) is 1. The van der Waals surface area contributed by atoms with E-state index in [1.165, 1.54) is 23.5 Å². The van der Waals surface area contributed by atoms with Crippen LogP contribution in [0.4, 0.5) is 4.39 Å². The van der Waals surface area contributed by atoms with E-state index in [0.29, 0.717) is 5.01 Å². The Balaban J connectivity index is 2.19. The highest BCUT2D eigenvalue weighted by Gasteiger charge is 2.17. The van der Waals surface area contributed by atoms with Gasteiger partial charge in [-0.15, -0.1) is 11.3 Å². The Kier molecular flexibility index (Phi) is 3.57. The summed E-state index contributed by atoms with van der Waals surface area (Å²) in [5.74, 6) is -2.15. The fourth-order valence-corrected chi connectivity index (χ4v) is 2.12. The second-order valence-corrected chi connectivity index (χ2v) is 4.53. The molecule has 0 fully saturated rings. The maximum Gasteiger partial charge on any atom is 0.342 e. The topological polar surface area (TPSA) is 59.4 Å². The summed E-state index contributed by atoms with van der Waals surface area (Å²) in [7, 11) is 0. The molecule has 0 saturated carbocycles. The van der Waals surface area contributed by atoms with Crippen LogP contribution in [0.5, 0.6) is 5.75 Å². The van der Waals surface area contributed by atoms with E-state index >= 15 is 0 Å². The number of halogens is 1. The number of aromatic carboxylic acids is 1. The number of aryl methyl sites for hydroxylation is 1. The van der Waals surface area contributed by atoms with Gasteiger partial charge in [-0.3, -0.25) is 0 Å². The highest BCUT2D eigenvalue weighted by molar-refractivity contribution is 7.09. The van der Waals surface area contributed by atoms with Crippen molar-refractivity contribution in [1.82, 2.24) is 4.98 Å². The minimum Gasteiger partial charge on any atom is -0.485 e. The van der Waals surface area contributed by atoms with Gasteiger partial charge in [0.05, 0.1) is 0 Å². The third-order valence-electron chi connectivity index (χ3n) is 2.21. The van der Waals surface area contributed by atoms with E-state index in [1.54, 1.807) is 0 Å². The molecule has 0 amide bonds. The molecule has 0 unspecified atom stereocenters. The fraction of sp³-hybridized carbons (Fsp3) is 0.167. The third kappa shape index (κ3) is 2.65. The van der Waals surface area contributed by atoms with Crippen LogP contribution in [0.2, 0.25) is 0 Å². The predicted octanol–water partition coefficient (Wildman–Crippen LogP) is 2.87. The van der Waals surface area contributed by atoms with Gasteiger partial charge >= 0.3 is 5.97 Å². The molecule has 2 rings (SSSR count).